The Hall–Kier alpha value is -1.82. The molecule has 1 amide bonds. The highest BCUT2D eigenvalue weighted by Crippen LogP contribution is 2.22. The van der Waals surface area contributed by atoms with Crippen LogP contribution in [0.1, 0.15) is 17.5 Å². The Kier molecular flexibility index (Phi) is 3.66. The summed E-state index contributed by atoms with van der Waals surface area (Å²) in [6.45, 7) is 2.61. The lowest BCUT2D eigenvalue weighted by molar-refractivity contribution is -0.142. The van der Waals surface area contributed by atoms with Crippen LogP contribution in [0.25, 0.3) is 0 Å². The van der Waals surface area contributed by atoms with Crippen molar-refractivity contribution in [2.24, 2.45) is 5.92 Å². The molecule has 6 heteroatoms. The van der Waals surface area contributed by atoms with E-state index in [1.54, 1.807) is 19.1 Å². The van der Waals surface area contributed by atoms with Gasteiger partial charge in [-0.15, -0.1) is 0 Å². The minimum Gasteiger partial charge on any atom is -0.481 e. The van der Waals surface area contributed by atoms with Gasteiger partial charge in [0.05, 0.1) is 25.5 Å². The van der Waals surface area contributed by atoms with E-state index in [-0.39, 0.29) is 24.9 Å². The van der Waals surface area contributed by atoms with Crippen LogP contribution in [0.5, 0.6) is 0 Å². The lowest BCUT2D eigenvalue weighted by atomic mass is 10.0. The number of amides is 1. The van der Waals surface area contributed by atoms with Crippen molar-refractivity contribution in [2.45, 2.75) is 13.0 Å². The third-order valence-electron chi connectivity index (χ3n) is 3.10. The van der Waals surface area contributed by atoms with E-state index < -0.39 is 17.9 Å². The maximum atomic E-state index is 12.2. The van der Waals surface area contributed by atoms with Gasteiger partial charge in [0.15, 0.2) is 5.76 Å². The molecule has 1 aromatic rings. The van der Waals surface area contributed by atoms with Crippen LogP contribution in [0.2, 0.25) is 0 Å². The van der Waals surface area contributed by atoms with Crippen molar-refractivity contribution in [3.8, 4) is 0 Å². The Bertz CT molecular complexity index is 428. The molecule has 0 aliphatic carbocycles. The third-order valence-corrected chi connectivity index (χ3v) is 3.10. The predicted molar refractivity (Wildman–Crippen MR) is 61.2 cm³/mol. The van der Waals surface area contributed by atoms with Crippen LogP contribution in [-0.4, -0.2) is 47.7 Å². The van der Waals surface area contributed by atoms with Crippen LogP contribution in [0.3, 0.4) is 0 Å². The molecule has 2 heterocycles. The molecule has 6 nitrogen and oxygen atoms in total. The van der Waals surface area contributed by atoms with E-state index in [1.165, 1.54) is 11.2 Å². The number of rotatable bonds is 4. The molecule has 2 atom stereocenters. The molecule has 0 saturated carbocycles. The number of carboxylic acids is 1. The molecule has 2 rings (SSSR count). The molecule has 1 fully saturated rings. The molecule has 1 aliphatic rings. The number of hydrogen-bond donors (Lipinski definition) is 1. The minimum absolute atomic E-state index is 0.141. The summed E-state index contributed by atoms with van der Waals surface area (Å²) in [5.74, 6) is -1.70. The van der Waals surface area contributed by atoms with Crippen molar-refractivity contribution in [1.82, 2.24) is 4.90 Å². The van der Waals surface area contributed by atoms with Crippen LogP contribution in [-0.2, 0) is 9.53 Å². The fourth-order valence-electron chi connectivity index (χ4n) is 2.16. The molecule has 0 bridgehead atoms. The van der Waals surface area contributed by atoms with Gasteiger partial charge in [-0.3, -0.25) is 9.59 Å². The maximum Gasteiger partial charge on any atom is 0.311 e. The summed E-state index contributed by atoms with van der Waals surface area (Å²) in [5, 5.41) is 9.10. The normalized spacial score (nSPS) is 22.9. The van der Waals surface area contributed by atoms with Gasteiger partial charge in [-0.05, 0) is 19.1 Å². The summed E-state index contributed by atoms with van der Waals surface area (Å²) in [4.78, 5) is 24.8. The number of nitrogens with zero attached hydrogens (tertiary/aromatic N) is 1. The number of furan rings is 1. The second-order valence-corrected chi connectivity index (χ2v) is 4.12. The fraction of sp³-hybridized carbons (Fsp3) is 0.500. The van der Waals surface area contributed by atoms with Crippen molar-refractivity contribution in [3.63, 3.8) is 0 Å². The Balaban J connectivity index is 2.18. The molecule has 1 aromatic heterocycles. The third kappa shape index (κ3) is 2.24. The zero-order valence-electron chi connectivity index (χ0n) is 10.0. The molecule has 98 valence electrons. The van der Waals surface area contributed by atoms with Gasteiger partial charge in [0.25, 0.3) is 5.91 Å². The van der Waals surface area contributed by atoms with Gasteiger partial charge < -0.3 is 19.2 Å². The first-order valence-corrected chi connectivity index (χ1v) is 5.80. The number of carbonyl (C=O) groups is 2. The van der Waals surface area contributed by atoms with Crippen LogP contribution in [0.4, 0.5) is 0 Å². The van der Waals surface area contributed by atoms with Gasteiger partial charge in [-0.1, -0.05) is 0 Å². The van der Waals surface area contributed by atoms with E-state index in [4.69, 9.17) is 14.3 Å². The second-order valence-electron chi connectivity index (χ2n) is 4.12. The first-order chi connectivity index (χ1) is 8.65. The summed E-state index contributed by atoms with van der Waals surface area (Å²) >= 11 is 0. The van der Waals surface area contributed by atoms with Crippen LogP contribution in [0.15, 0.2) is 22.8 Å². The van der Waals surface area contributed by atoms with E-state index in [1.807, 2.05) is 0 Å². The van der Waals surface area contributed by atoms with Crippen molar-refractivity contribution in [3.05, 3.63) is 24.2 Å². The molecule has 0 spiro atoms. The number of ether oxygens (including phenoxy) is 1. The molecular formula is C12H15NO5. The summed E-state index contributed by atoms with van der Waals surface area (Å²) < 4.78 is 10.2. The lowest BCUT2D eigenvalue weighted by Gasteiger charge is -2.28. The van der Waals surface area contributed by atoms with E-state index in [0.29, 0.717) is 6.54 Å². The average molecular weight is 253 g/mol. The summed E-state index contributed by atoms with van der Waals surface area (Å²) in [7, 11) is 0. The van der Waals surface area contributed by atoms with Crippen molar-refractivity contribution in [2.75, 3.05) is 19.8 Å². The lowest BCUT2D eigenvalue weighted by Crippen LogP contribution is -2.46. The van der Waals surface area contributed by atoms with Gasteiger partial charge in [0.2, 0.25) is 0 Å². The second kappa shape index (κ2) is 5.22. The average Bonchev–Trinajstić information content (AvgIpc) is 3.00. The van der Waals surface area contributed by atoms with Crippen molar-refractivity contribution >= 4 is 11.9 Å². The largest absolute Gasteiger partial charge is 0.481 e. The summed E-state index contributed by atoms with van der Waals surface area (Å²) in [5.41, 5.74) is 0. The Morgan fingerprint density at radius 2 is 2.28 bits per heavy atom. The van der Waals surface area contributed by atoms with Gasteiger partial charge >= 0.3 is 5.97 Å². The molecule has 0 radical (unpaired) electrons. The van der Waals surface area contributed by atoms with Crippen molar-refractivity contribution < 1.29 is 23.8 Å². The zero-order chi connectivity index (χ0) is 13.1. The quantitative estimate of drug-likeness (QED) is 0.860. The number of carbonyl (C=O) groups excluding carboxylic acids is 1. The highest BCUT2D eigenvalue weighted by atomic mass is 16.5. The van der Waals surface area contributed by atoms with E-state index in [0.717, 1.165) is 0 Å². The monoisotopic (exact) mass is 253 g/mol. The van der Waals surface area contributed by atoms with Crippen LogP contribution in [0, 0.1) is 5.92 Å². The standard InChI is InChI=1S/C12H15NO5/c1-2-13(11(14)10-4-3-5-18-10)9-7-17-6-8(9)12(15)16/h3-5,8-9H,2,6-7H2,1H3,(H,15,16). The Labute approximate surface area is 104 Å². The van der Waals surface area contributed by atoms with Crippen molar-refractivity contribution in [1.29, 1.82) is 0 Å². The molecule has 2 unspecified atom stereocenters. The van der Waals surface area contributed by atoms with Gasteiger partial charge in [0.1, 0.15) is 5.92 Å². The molecule has 1 saturated heterocycles. The smallest absolute Gasteiger partial charge is 0.311 e. The van der Waals surface area contributed by atoms with E-state index >= 15 is 0 Å². The number of aliphatic carboxylic acids is 1. The predicted octanol–water partition coefficient (Wildman–Crippen LogP) is 0.841. The number of likely N-dealkylation sites (N-methyl/N-ethyl adjacent to an activating group) is 1. The summed E-state index contributed by atoms with van der Waals surface area (Å²) in [6, 6.07) is 2.75. The van der Waals surface area contributed by atoms with Crippen LogP contribution >= 0.6 is 0 Å². The molecular weight excluding hydrogens is 238 g/mol. The van der Waals surface area contributed by atoms with Gasteiger partial charge in [-0.25, -0.2) is 0 Å². The van der Waals surface area contributed by atoms with E-state index in [2.05, 4.69) is 0 Å². The molecule has 1 aliphatic heterocycles. The number of hydrogen-bond acceptors (Lipinski definition) is 4. The Morgan fingerprint density at radius 1 is 1.50 bits per heavy atom. The zero-order valence-corrected chi connectivity index (χ0v) is 10.0. The fourth-order valence-corrected chi connectivity index (χ4v) is 2.16. The Morgan fingerprint density at radius 3 is 2.83 bits per heavy atom. The maximum absolute atomic E-state index is 12.2. The summed E-state index contributed by atoms with van der Waals surface area (Å²) in [6.07, 6.45) is 1.42. The topological polar surface area (TPSA) is 80.0 Å². The molecule has 1 N–H and O–H groups in total. The number of carboxylic acid groups (broad SMARTS) is 1. The van der Waals surface area contributed by atoms with Gasteiger partial charge in [-0.2, -0.15) is 0 Å². The first-order valence-electron chi connectivity index (χ1n) is 5.80. The first kappa shape index (κ1) is 12.6. The van der Waals surface area contributed by atoms with Gasteiger partial charge in [0, 0.05) is 6.54 Å². The highest BCUT2D eigenvalue weighted by molar-refractivity contribution is 5.92. The van der Waals surface area contributed by atoms with Crippen LogP contribution < -0.4 is 0 Å². The highest BCUT2D eigenvalue weighted by Gasteiger charge is 2.40. The SMILES string of the molecule is CCN(C(=O)c1ccco1)C1COCC1C(=O)O. The molecule has 0 aromatic carbocycles. The van der Waals surface area contributed by atoms with E-state index in [9.17, 15) is 9.59 Å². The minimum atomic E-state index is -0.941. The molecule has 18 heavy (non-hydrogen) atoms.